The molecule has 0 saturated carbocycles. The number of sulfonamides is 1. The van der Waals surface area contributed by atoms with Crippen LogP contribution in [0.25, 0.3) is 22.0 Å². The molecular formula is C30H27F2N5O5S. The van der Waals surface area contributed by atoms with Crippen LogP contribution in [0.2, 0.25) is 0 Å². The molecule has 6 rings (SSSR count). The van der Waals surface area contributed by atoms with Crippen LogP contribution in [0, 0.1) is 18.6 Å². The Morgan fingerprint density at radius 3 is 2.51 bits per heavy atom. The average molecular weight is 608 g/mol. The third-order valence-electron chi connectivity index (χ3n) is 7.66. The number of anilines is 2. The molecule has 43 heavy (non-hydrogen) atoms. The van der Waals surface area contributed by atoms with Gasteiger partial charge in [-0.1, -0.05) is 6.07 Å². The number of cyclic esters (lactones) is 1. The van der Waals surface area contributed by atoms with Gasteiger partial charge in [0.2, 0.25) is 0 Å². The van der Waals surface area contributed by atoms with E-state index in [1.807, 2.05) is 24.3 Å². The van der Waals surface area contributed by atoms with Gasteiger partial charge in [0, 0.05) is 74.1 Å². The molecule has 4 aromatic rings. The molecule has 2 fully saturated rings. The Morgan fingerprint density at radius 1 is 1.00 bits per heavy atom. The first-order chi connectivity index (χ1) is 20.6. The molecule has 0 aliphatic carbocycles. The molecule has 2 aliphatic rings. The highest BCUT2D eigenvalue weighted by molar-refractivity contribution is 7.92. The molecule has 4 heterocycles. The Kier molecular flexibility index (Phi) is 7.42. The van der Waals surface area contributed by atoms with Crippen molar-refractivity contribution in [2.45, 2.75) is 30.8 Å². The number of hydrogen-bond acceptors (Lipinski definition) is 8. The van der Waals surface area contributed by atoms with Crippen LogP contribution in [0.5, 0.6) is 0 Å². The van der Waals surface area contributed by atoms with Gasteiger partial charge in [-0.25, -0.2) is 17.2 Å². The molecule has 1 amide bonds. The summed E-state index contributed by atoms with van der Waals surface area (Å²) in [6, 6.07) is 11.4. The van der Waals surface area contributed by atoms with E-state index in [-0.39, 0.29) is 24.0 Å². The Hall–Kier alpha value is -4.65. The highest BCUT2D eigenvalue weighted by atomic mass is 32.2. The predicted molar refractivity (Wildman–Crippen MR) is 155 cm³/mol. The van der Waals surface area contributed by atoms with Crippen molar-refractivity contribution in [2.75, 3.05) is 35.8 Å². The lowest BCUT2D eigenvalue weighted by Crippen LogP contribution is -2.51. The number of pyridine rings is 2. The highest BCUT2D eigenvalue weighted by Crippen LogP contribution is 2.33. The minimum atomic E-state index is -4.36. The topological polar surface area (TPSA) is 122 Å². The number of halogens is 2. The number of fused-ring (bicyclic) bond motifs is 1. The summed E-state index contributed by atoms with van der Waals surface area (Å²) in [6.07, 6.45) is 3.31. The number of carbonyl (C=O) groups excluding carboxylic acids is 2. The number of aryl methyl sites for hydroxylation is 1. The van der Waals surface area contributed by atoms with Crippen LogP contribution in [-0.2, 0) is 24.3 Å². The summed E-state index contributed by atoms with van der Waals surface area (Å²) in [6.45, 7) is 3.74. The summed E-state index contributed by atoms with van der Waals surface area (Å²) < 4.78 is 61.0. The second-order valence-corrected chi connectivity index (χ2v) is 12.1. The zero-order valence-electron chi connectivity index (χ0n) is 23.1. The summed E-state index contributed by atoms with van der Waals surface area (Å²) in [4.78, 5) is 36.3. The maximum absolute atomic E-state index is 14.3. The first-order valence-electron chi connectivity index (χ1n) is 13.7. The largest absolute Gasteiger partial charge is 0.452 e. The zero-order valence-corrected chi connectivity index (χ0v) is 23.9. The summed E-state index contributed by atoms with van der Waals surface area (Å²) in [5, 5.41) is 0.862. The number of esters is 1. The van der Waals surface area contributed by atoms with Crippen molar-refractivity contribution in [3.63, 3.8) is 0 Å². The molecule has 222 valence electrons. The average Bonchev–Trinajstić information content (AvgIpc) is 3.43. The fraction of sp³-hybridized carbons (Fsp3) is 0.267. The van der Waals surface area contributed by atoms with Crippen molar-refractivity contribution in [1.29, 1.82) is 0 Å². The molecular weight excluding hydrogens is 580 g/mol. The molecule has 2 saturated heterocycles. The summed E-state index contributed by atoms with van der Waals surface area (Å²) >= 11 is 0. The molecule has 2 aliphatic heterocycles. The van der Waals surface area contributed by atoms with E-state index < -0.39 is 32.7 Å². The second kappa shape index (κ2) is 11.2. The van der Waals surface area contributed by atoms with Crippen molar-refractivity contribution in [1.82, 2.24) is 14.9 Å². The van der Waals surface area contributed by atoms with Crippen LogP contribution >= 0.6 is 0 Å². The summed E-state index contributed by atoms with van der Waals surface area (Å²) in [5.74, 6) is -2.58. The van der Waals surface area contributed by atoms with Gasteiger partial charge in [-0.05, 0) is 48.9 Å². The van der Waals surface area contributed by atoms with Crippen molar-refractivity contribution in [2.24, 2.45) is 0 Å². The van der Waals surface area contributed by atoms with Crippen LogP contribution in [0.3, 0.4) is 0 Å². The van der Waals surface area contributed by atoms with Gasteiger partial charge >= 0.3 is 5.97 Å². The lowest BCUT2D eigenvalue weighted by Gasteiger charge is -2.37. The first kappa shape index (κ1) is 28.5. The molecule has 2 aromatic heterocycles. The number of amides is 1. The van der Waals surface area contributed by atoms with E-state index in [4.69, 9.17) is 4.74 Å². The van der Waals surface area contributed by atoms with Crippen LogP contribution in [0.4, 0.5) is 20.2 Å². The third-order valence-corrected chi connectivity index (χ3v) is 9.06. The SMILES string of the molecule is Cc1ncc(-c2ccc3nccc(N4CCN(C(=O)[C@@H]5CCC(=O)O5)CC4)c3c2)cc1NS(=O)(=O)c1ccc(F)cc1F. The number of carbonyl (C=O) groups is 2. The summed E-state index contributed by atoms with van der Waals surface area (Å²) in [5.41, 5.74) is 3.57. The monoisotopic (exact) mass is 607 g/mol. The Balaban J connectivity index is 1.25. The molecule has 1 atom stereocenters. The van der Waals surface area contributed by atoms with Gasteiger partial charge in [0.05, 0.1) is 16.9 Å². The minimum Gasteiger partial charge on any atom is -0.452 e. The smallest absolute Gasteiger partial charge is 0.306 e. The molecule has 0 unspecified atom stereocenters. The van der Waals surface area contributed by atoms with Gasteiger partial charge in [-0.15, -0.1) is 0 Å². The van der Waals surface area contributed by atoms with Gasteiger partial charge in [0.15, 0.2) is 6.10 Å². The van der Waals surface area contributed by atoms with Crippen molar-refractivity contribution in [3.8, 4) is 11.1 Å². The number of nitrogens with one attached hydrogen (secondary N) is 1. The van der Waals surface area contributed by atoms with Crippen molar-refractivity contribution < 1.29 is 31.5 Å². The normalized spacial score (nSPS) is 17.3. The van der Waals surface area contributed by atoms with E-state index >= 15 is 0 Å². The predicted octanol–water partition coefficient (Wildman–Crippen LogP) is 4.04. The fourth-order valence-corrected chi connectivity index (χ4v) is 6.51. The molecule has 1 N–H and O–H groups in total. The molecule has 2 aromatic carbocycles. The first-order valence-corrected chi connectivity index (χ1v) is 15.1. The molecule has 0 bridgehead atoms. The van der Waals surface area contributed by atoms with Crippen LogP contribution < -0.4 is 9.62 Å². The third kappa shape index (κ3) is 5.72. The Bertz CT molecular complexity index is 1860. The molecule has 0 spiro atoms. The van der Waals surface area contributed by atoms with Gasteiger partial charge in [-0.3, -0.25) is 24.3 Å². The number of benzene rings is 2. The Morgan fingerprint density at radius 2 is 1.79 bits per heavy atom. The molecule has 10 nitrogen and oxygen atoms in total. The van der Waals surface area contributed by atoms with Gasteiger partial charge in [-0.2, -0.15) is 0 Å². The van der Waals surface area contributed by atoms with Crippen LogP contribution in [0.1, 0.15) is 18.5 Å². The van der Waals surface area contributed by atoms with Crippen molar-refractivity contribution in [3.05, 3.63) is 78.3 Å². The van der Waals surface area contributed by atoms with E-state index in [9.17, 15) is 26.8 Å². The summed E-state index contributed by atoms with van der Waals surface area (Å²) in [7, 11) is -4.36. The second-order valence-electron chi connectivity index (χ2n) is 10.4. The lowest BCUT2D eigenvalue weighted by atomic mass is 10.0. The van der Waals surface area contributed by atoms with E-state index in [1.165, 1.54) is 0 Å². The van der Waals surface area contributed by atoms with Gasteiger partial charge < -0.3 is 14.5 Å². The number of ether oxygens (including phenoxy) is 1. The number of rotatable bonds is 6. The fourth-order valence-electron chi connectivity index (χ4n) is 5.34. The maximum atomic E-state index is 14.3. The standard InChI is InChI=1S/C30H27F2N5O5S/c1-18-25(35-43(40,41)28-6-3-21(31)16-23(28)32)15-20(17-34-18)19-2-4-24-22(14-19)26(8-9-33-24)36-10-12-37(13-11-36)30(39)27-5-7-29(38)42-27/h2-4,6,8-9,14-17,27,35H,5,7,10-13H2,1H3/t27-/m0/s1. The highest BCUT2D eigenvalue weighted by Gasteiger charge is 2.34. The van der Waals surface area contributed by atoms with E-state index in [1.54, 1.807) is 30.3 Å². The maximum Gasteiger partial charge on any atom is 0.306 e. The van der Waals surface area contributed by atoms with Crippen LogP contribution in [0.15, 0.2) is 65.8 Å². The van der Waals surface area contributed by atoms with Gasteiger partial charge in [0.25, 0.3) is 15.9 Å². The quantitative estimate of drug-likeness (QED) is 0.326. The number of piperazine rings is 1. The van der Waals surface area contributed by atoms with E-state index in [0.29, 0.717) is 49.9 Å². The number of nitrogens with zero attached hydrogens (tertiary/aromatic N) is 4. The minimum absolute atomic E-state index is 0.154. The Labute approximate surface area is 246 Å². The zero-order chi connectivity index (χ0) is 30.3. The van der Waals surface area contributed by atoms with E-state index in [2.05, 4.69) is 19.6 Å². The lowest BCUT2D eigenvalue weighted by molar-refractivity contribution is -0.153. The van der Waals surface area contributed by atoms with E-state index in [0.717, 1.165) is 34.3 Å². The number of aromatic nitrogens is 2. The molecule has 13 heteroatoms. The van der Waals surface area contributed by atoms with Crippen molar-refractivity contribution >= 4 is 44.2 Å². The number of hydrogen-bond donors (Lipinski definition) is 1. The molecule has 0 radical (unpaired) electrons. The van der Waals surface area contributed by atoms with Crippen LogP contribution in [-0.4, -0.2) is 67.4 Å². The van der Waals surface area contributed by atoms with Gasteiger partial charge in [0.1, 0.15) is 16.5 Å².